The van der Waals surface area contributed by atoms with Gasteiger partial charge in [-0.05, 0) is 27.1 Å². The lowest BCUT2D eigenvalue weighted by Crippen LogP contribution is -2.37. The number of rotatable bonds is 4. The Morgan fingerprint density at radius 3 is 2.30 bits per heavy atom. The van der Waals surface area contributed by atoms with E-state index in [1.807, 2.05) is 0 Å². The van der Waals surface area contributed by atoms with Crippen LogP contribution in [0.1, 0.15) is 6.42 Å². The van der Waals surface area contributed by atoms with Gasteiger partial charge >= 0.3 is 5.97 Å². The number of likely N-dealkylation sites (N-methyl/N-ethyl adjacent to an activating group) is 1. The summed E-state index contributed by atoms with van der Waals surface area (Å²) < 4.78 is 0. The van der Waals surface area contributed by atoms with Gasteiger partial charge in [-0.2, -0.15) is 0 Å². The molecule has 60 valence electrons. The molecule has 0 spiro atoms. The average Bonchev–Trinajstić information content (AvgIpc) is 1.81. The zero-order valence-electron chi connectivity index (χ0n) is 6.37. The maximum atomic E-state index is 10.4. The van der Waals surface area contributed by atoms with Crippen LogP contribution in [0, 0.1) is 0 Å². The normalized spacial score (nSPS) is 13.6. The van der Waals surface area contributed by atoms with Gasteiger partial charge in [-0.15, -0.1) is 0 Å². The van der Waals surface area contributed by atoms with Crippen molar-refractivity contribution in [3.63, 3.8) is 0 Å². The molecule has 0 amide bonds. The molecule has 4 nitrogen and oxygen atoms in total. The van der Waals surface area contributed by atoms with Crippen LogP contribution in [0.25, 0.3) is 0 Å². The maximum Gasteiger partial charge on any atom is 0.320 e. The minimum absolute atomic E-state index is 0.412. The molecule has 0 aliphatic rings. The van der Waals surface area contributed by atoms with Gasteiger partial charge in [-0.1, -0.05) is 0 Å². The standard InChI is InChI=1S/C6H14N2O2/c1-8(2)5(3-4-7)6(9)10/h5H,3-4,7H2,1-2H3,(H,9,10)/t5-/m0/s1. The molecule has 0 radical (unpaired) electrons. The van der Waals surface area contributed by atoms with Crippen molar-refractivity contribution in [1.82, 2.24) is 4.90 Å². The number of hydrogen-bond acceptors (Lipinski definition) is 3. The Balaban J connectivity index is 3.85. The van der Waals surface area contributed by atoms with E-state index >= 15 is 0 Å². The van der Waals surface area contributed by atoms with Gasteiger partial charge in [0, 0.05) is 0 Å². The van der Waals surface area contributed by atoms with E-state index in [0.29, 0.717) is 13.0 Å². The van der Waals surface area contributed by atoms with Crippen LogP contribution in [0.5, 0.6) is 0 Å². The zero-order valence-corrected chi connectivity index (χ0v) is 6.37. The van der Waals surface area contributed by atoms with Crippen molar-refractivity contribution < 1.29 is 9.90 Å². The van der Waals surface area contributed by atoms with E-state index in [1.54, 1.807) is 19.0 Å². The summed E-state index contributed by atoms with van der Waals surface area (Å²) in [5.41, 5.74) is 5.22. The van der Waals surface area contributed by atoms with Gasteiger partial charge in [0.25, 0.3) is 0 Å². The highest BCUT2D eigenvalue weighted by Crippen LogP contribution is 1.97. The Bertz CT molecular complexity index is 114. The van der Waals surface area contributed by atoms with Crippen molar-refractivity contribution >= 4 is 5.97 Å². The first kappa shape index (κ1) is 9.39. The second-order valence-electron chi connectivity index (χ2n) is 2.39. The molecular weight excluding hydrogens is 132 g/mol. The Morgan fingerprint density at radius 1 is 1.70 bits per heavy atom. The predicted octanol–water partition coefficient (Wildman–Crippen LogP) is -0.650. The first-order chi connectivity index (χ1) is 4.59. The summed E-state index contributed by atoms with van der Waals surface area (Å²) in [6.07, 6.45) is 0.502. The average molecular weight is 146 g/mol. The van der Waals surface area contributed by atoms with Crippen molar-refractivity contribution in [3.05, 3.63) is 0 Å². The van der Waals surface area contributed by atoms with E-state index in [0.717, 1.165) is 0 Å². The number of nitrogens with two attached hydrogens (primary N) is 1. The fraction of sp³-hybridized carbons (Fsp3) is 0.833. The van der Waals surface area contributed by atoms with Crippen LogP contribution < -0.4 is 5.73 Å². The molecule has 0 rings (SSSR count). The highest BCUT2D eigenvalue weighted by atomic mass is 16.4. The summed E-state index contributed by atoms with van der Waals surface area (Å²) in [7, 11) is 3.46. The first-order valence-corrected chi connectivity index (χ1v) is 3.19. The third kappa shape index (κ3) is 2.80. The van der Waals surface area contributed by atoms with Crippen molar-refractivity contribution in [1.29, 1.82) is 0 Å². The van der Waals surface area contributed by atoms with Crippen LogP contribution in [0.4, 0.5) is 0 Å². The molecular formula is C6H14N2O2. The second-order valence-corrected chi connectivity index (χ2v) is 2.39. The molecule has 0 saturated carbocycles. The third-order valence-corrected chi connectivity index (χ3v) is 1.35. The summed E-state index contributed by atoms with van der Waals surface area (Å²) in [6, 6.07) is -0.440. The van der Waals surface area contributed by atoms with Gasteiger partial charge in [0.05, 0.1) is 0 Å². The number of aliphatic carboxylic acids is 1. The van der Waals surface area contributed by atoms with Gasteiger partial charge in [0.1, 0.15) is 6.04 Å². The summed E-state index contributed by atoms with van der Waals surface area (Å²) in [5, 5.41) is 8.58. The van der Waals surface area contributed by atoms with E-state index in [9.17, 15) is 4.79 Å². The van der Waals surface area contributed by atoms with Crippen molar-refractivity contribution in [2.45, 2.75) is 12.5 Å². The zero-order chi connectivity index (χ0) is 8.15. The lowest BCUT2D eigenvalue weighted by molar-refractivity contribution is -0.142. The monoisotopic (exact) mass is 146 g/mol. The van der Waals surface area contributed by atoms with Gasteiger partial charge in [0.15, 0.2) is 0 Å². The van der Waals surface area contributed by atoms with Gasteiger partial charge in [0.2, 0.25) is 0 Å². The lowest BCUT2D eigenvalue weighted by Gasteiger charge is -2.18. The Hall–Kier alpha value is -0.610. The fourth-order valence-corrected chi connectivity index (χ4v) is 0.760. The minimum Gasteiger partial charge on any atom is -0.480 e. The summed E-state index contributed by atoms with van der Waals surface area (Å²) >= 11 is 0. The van der Waals surface area contributed by atoms with E-state index in [2.05, 4.69) is 0 Å². The van der Waals surface area contributed by atoms with Crippen LogP contribution in [-0.4, -0.2) is 42.7 Å². The van der Waals surface area contributed by atoms with Gasteiger partial charge in [-0.25, -0.2) is 0 Å². The number of hydrogen-bond donors (Lipinski definition) is 2. The SMILES string of the molecule is CN(C)[C@@H](CCN)C(=O)O. The highest BCUT2D eigenvalue weighted by molar-refractivity contribution is 5.73. The Morgan fingerprint density at radius 2 is 2.20 bits per heavy atom. The molecule has 0 saturated heterocycles. The van der Waals surface area contributed by atoms with Crippen LogP contribution in [-0.2, 0) is 4.79 Å². The van der Waals surface area contributed by atoms with Crippen LogP contribution in [0.2, 0.25) is 0 Å². The molecule has 0 unspecified atom stereocenters. The highest BCUT2D eigenvalue weighted by Gasteiger charge is 2.17. The van der Waals surface area contributed by atoms with Crippen molar-refractivity contribution in [2.75, 3.05) is 20.6 Å². The van der Waals surface area contributed by atoms with E-state index in [-0.39, 0.29) is 0 Å². The largest absolute Gasteiger partial charge is 0.480 e. The topological polar surface area (TPSA) is 66.6 Å². The molecule has 0 aromatic heterocycles. The number of carboxylic acids is 1. The molecule has 0 aromatic carbocycles. The molecule has 1 atom stereocenters. The second kappa shape index (κ2) is 4.24. The molecule has 0 heterocycles. The summed E-state index contributed by atoms with van der Waals surface area (Å²) in [4.78, 5) is 12.1. The first-order valence-electron chi connectivity index (χ1n) is 3.19. The van der Waals surface area contributed by atoms with Crippen LogP contribution in [0.15, 0.2) is 0 Å². The Labute approximate surface area is 60.6 Å². The molecule has 10 heavy (non-hydrogen) atoms. The predicted molar refractivity (Wildman–Crippen MR) is 38.8 cm³/mol. The van der Waals surface area contributed by atoms with Crippen LogP contribution in [0.3, 0.4) is 0 Å². The van der Waals surface area contributed by atoms with Gasteiger partial charge in [-0.3, -0.25) is 9.69 Å². The molecule has 0 aliphatic heterocycles. The third-order valence-electron chi connectivity index (χ3n) is 1.35. The molecule has 0 aliphatic carbocycles. The van der Waals surface area contributed by atoms with Gasteiger partial charge < -0.3 is 10.8 Å². The quantitative estimate of drug-likeness (QED) is 0.553. The minimum atomic E-state index is -0.810. The van der Waals surface area contributed by atoms with E-state index in [1.165, 1.54) is 0 Å². The molecule has 3 N–H and O–H groups in total. The number of nitrogens with zero attached hydrogens (tertiary/aromatic N) is 1. The van der Waals surface area contributed by atoms with Crippen molar-refractivity contribution in [3.8, 4) is 0 Å². The molecule has 4 heteroatoms. The number of carbonyl (C=O) groups is 1. The Kier molecular flexibility index (Phi) is 3.99. The summed E-state index contributed by atoms with van der Waals surface area (Å²) in [5.74, 6) is -0.810. The maximum absolute atomic E-state index is 10.4. The van der Waals surface area contributed by atoms with E-state index < -0.39 is 12.0 Å². The molecule has 0 fully saturated rings. The summed E-state index contributed by atoms with van der Waals surface area (Å²) in [6.45, 7) is 0.412. The lowest BCUT2D eigenvalue weighted by atomic mass is 10.2. The molecule has 0 bridgehead atoms. The van der Waals surface area contributed by atoms with Crippen LogP contribution >= 0.6 is 0 Å². The molecule has 0 aromatic rings. The van der Waals surface area contributed by atoms with Crippen molar-refractivity contribution in [2.24, 2.45) is 5.73 Å². The smallest absolute Gasteiger partial charge is 0.320 e. The number of carboxylic acid groups (broad SMARTS) is 1. The fourth-order valence-electron chi connectivity index (χ4n) is 0.760. The van der Waals surface area contributed by atoms with E-state index in [4.69, 9.17) is 10.8 Å².